The maximum Gasteiger partial charge on any atom is 0.276 e. The molecule has 0 N–H and O–H groups in total. The van der Waals surface area contributed by atoms with Gasteiger partial charge in [0.2, 0.25) is 0 Å². The minimum Gasteiger partial charge on any atom is -0.337 e. The topological polar surface area (TPSA) is 67.2 Å². The summed E-state index contributed by atoms with van der Waals surface area (Å²) in [6.07, 6.45) is 4.74. The minimum atomic E-state index is -0.0525. The van der Waals surface area contributed by atoms with Gasteiger partial charge in [-0.3, -0.25) is 9.78 Å². The van der Waals surface area contributed by atoms with Gasteiger partial charge in [-0.05, 0) is 56.5 Å². The van der Waals surface area contributed by atoms with Gasteiger partial charge >= 0.3 is 0 Å². The standard InChI is InChI=1S/C24H30N6O/c1-18-7-6-9-22(17-18)30-19(2)23(26-27-30)24(31)28(3)21-11-15-29(16-12-21)14-10-20-8-4-5-13-25-20/h4-9,13,17,21H,10-12,14-16H2,1-3H3. The molecule has 1 amide bonds. The SMILES string of the molecule is Cc1cccc(-n2nnc(C(=O)N(C)C3CCN(CCc4ccccn4)CC3)c2C)c1. The second-order valence-corrected chi connectivity index (χ2v) is 8.33. The van der Waals surface area contributed by atoms with Crippen molar-refractivity contribution in [2.75, 3.05) is 26.7 Å². The summed E-state index contributed by atoms with van der Waals surface area (Å²) in [4.78, 5) is 21.9. The van der Waals surface area contributed by atoms with E-state index >= 15 is 0 Å². The Morgan fingerprint density at radius 3 is 2.65 bits per heavy atom. The summed E-state index contributed by atoms with van der Waals surface area (Å²) in [5, 5.41) is 8.47. The average Bonchev–Trinajstić information content (AvgIpc) is 3.19. The molecule has 0 radical (unpaired) electrons. The fraction of sp³-hybridized carbons (Fsp3) is 0.417. The first kappa shape index (κ1) is 21.2. The molecule has 162 valence electrons. The largest absolute Gasteiger partial charge is 0.337 e. The van der Waals surface area contributed by atoms with Crippen LogP contribution in [0.1, 0.15) is 40.3 Å². The van der Waals surface area contributed by atoms with Gasteiger partial charge in [-0.15, -0.1) is 5.10 Å². The maximum atomic E-state index is 13.2. The van der Waals surface area contributed by atoms with Crippen LogP contribution < -0.4 is 0 Å². The number of likely N-dealkylation sites (tertiary alicyclic amines) is 1. The number of rotatable bonds is 6. The van der Waals surface area contributed by atoms with Crippen LogP contribution in [-0.4, -0.2) is 68.4 Å². The Morgan fingerprint density at radius 1 is 1.13 bits per heavy atom. The molecule has 7 nitrogen and oxygen atoms in total. The molecule has 3 aromatic rings. The van der Waals surface area contributed by atoms with Gasteiger partial charge < -0.3 is 9.80 Å². The Hall–Kier alpha value is -3.06. The van der Waals surface area contributed by atoms with Gasteiger partial charge in [0.25, 0.3) is 5.91 Å². The highest BCUT2D eigenvalue weighted by atomic mass is 16.2. The molecule has 0 spiro atoms. The van der Waals surface area contributed by atoms with Crippen molar-refractivity contribution in [1.29, 1.82) is 0 Å². The molecule has 0 unspecified atom stereocenters. The van der Waals surface area contributed by atoms with Crippen molar-refractivity contribution in [3.05, 3.63) is 71.3 Å². The number of piperidine rings is 1. The summed E-state index contributed by atoms with van der Waals surface area (Å²) in [6.45, 7) is 6.93. The monoisotopic (exact) mass is 418 g/mol. The fourth-order valence-corrected chi connectivity index (χ4v) is 4.21. The van der Waals surface area contributed by atoms with Crippen LogP contribution in [0.2, 0.25) is 0 Å². The number of carbonyl (C=O) groups is 1. The smallest absolute Gasteiger partial charge is 0.276 e. The summed E-state index contributed by atoms with van der Waals surface area (Å²) in [5.74, 6) is -0.0525. The van der Waals surface area contributed by atoms with Gasteiger partial charge in [0, 0.05) is 51.0 Å². The minimum absolute atomic E-state index is 0.0525. The van der Waals surface area contributed by atoms with Crippen molar-refractivity contribution in [2.24, 2.45) is 0 Å². The van der Waals surface area contributed by atoms with E-state index in [2.05, 4.69) is 26.3 Å². The molecule has 31 heavy (non-hydrogen) atoms. The normalized spacial score (nSPS) is 15.2. The van der Waals surface area contributed by atoms with Crippen molar-refractivity contribution >= 4 is 5.91 Å². The lowest BCUT2D eigenvalue weighted by Gasteiger charge is -2.36. The lowest BCUT2D eigenvalue weighted by molar-refractivity contribution is 0.0637. The number of hydrogen-bond donors (Lipinski definition) is 0. The van der Waals surface area contributed by atoms with Crippen molar-refractivity contribution in [2.45, 2.75) is 39.2 Å². The first-order valence-electron chi connectivity index (χ1n) is 10.9. The van der Waals surface area contributed by atoms with Gasteiger partial charge in [-0.1, -0.05) is 23.4 Å². The lowest BCUT2D eigenvalue weighted by Crippen LogP contribution is -2.46. The van der Waals surface area contributed by atoms with E-state index in [0.717, 1.165) is 61.5 Å². The first-order chi connectivity index (χ1) is 15.0. The number of amides is 1. The Labute approximate surface area is 183 Å². The molecule has 1 fully saturated rings. The van der Waals surface area contributed by atoms with E-state index in [9.17, 15) is 4.79 Å². The molecular weight excluding hydrogens is 388 g/mol. The van der Waals surface area contributed by atoms with Gasteiger partial charge in [0.05, 0.1) is 11.4 Å². The zero-order chi connectivity index (χ0) is 21.8. The molecule has 0 atom stereocenters. The van der Waals surface area contributed by atoms with E-state index in [1.54, 1.807) is 4.68 Å². The number of nitrogens with zero attached hydrogens (tertiary/aromatic N) is 6. The highest BCUT2D eigenvalue weighted by Crippen LogP contribution is 2.20. The van der Waals surface area contributed by atoms with Crippen molar-refractivity contribution in [3.63, 3.8) is 0 Å². The number of aryl methyl sites for hydroxylation is 1. The van der Waals surface area contributed by atoms with Gasteiger partial charge in [-0.25, -0.2) is 4.68 Å². The Morgan fingerprint density at radius 2 is 1.94 bits per heavy atom. The quantitative estimate of drug-likeness (QED) is 0.616. The highest BCUT2D eigenvalue weighted by Gasteiger charge is 2.28. The summed E-state index contributed by atoms with van der Waals surface area (Å²) in [5.41, 5.74) is 4.40. The highest BCUT2D eigenvalue weighted by molar-refractivity contribution is 5.93. The molecule has 0 saturated carbocycles. The molecule has 7 heteroatoms. The molecule has 1 aromatic carbocycles. The lowest BCUT2D eigenvalue weighted by atomic mass is 10.0. The molecular formula is C24H30N6O. The maximum absolute atomic E-state index is 13.2. The molecule has 0 bridgehead atoms. The third-order valence-electron chi connectivity index (χ3n) is 6.18. The molecule has 4 rings (SSSR count). The molecule has 1 saturated heterocycles. The van der Waals surface area contributed by atoms with E-state index < -0.39 is 0 Å². The van der Waals surface area contributed by atoms with Gasteiger partial charge in [0.1, 0.15) is 0 Å². The van der Waals surface area contributed by atoms with Crippen LogP contribution >= 0.6 is 0 Å². The van der Waals surface area contributed by atoms with Crippen LogP contribution in [0.25, 0.3) is 5.69 Å². The number of hydrogen-bond acceptors (Lipinski definition) is 5. The van der Waals surface area contributed by atoms with Gasteiger partial charge in [0.15, 0.2) is 5.69 Å². The van der Waals surface area contributed by atoms with Crippen LogP contribution in [0.4, 0.5) is 0 Å². The third-order valence-corrected chi connectivity index (χ3v) is 6.18. The zero-order valence-corrected chi connectivity index (χ0v) is 18.5. The fourth-order valence-electron chi connectivity index (χ4n) is 4.21. The van der Waals surface area contributed by atoms with E-state index in [1.165, 1.54) is 0 Å². The second kappa shape index (κ2) is 9.39. The number of benzene rings is 1. The van der Waals surface area contributed by atoms with Gasteiger partial charge in [-0.2, -0.15) is 0 Å². The molecule has 1 aliphatic heterocycles. The molecule has 3 heterocycles. The van der Waals surface area contributed by atoms with Crippen LogP contribution in [0.5, 0.6) is 0 Å². The third kappa shape index (κ3) is 4.82. The van der Waals surface area contributed by atoms with E-state index in [-0.39, 0.29) is 11.9 Å². The Bertz CT molecular complexity index is 1020. The second-order valence-electron chi connectivity index (χ2n) is 8.33. The summed E-state index contributed by atoms with van der Waals surface area (Å²) in [7, 11) is 1.89. The van der Waals surface area contributed by atoms with E-state index in [1.807, 2.05) is 68.4 Å². The van der Waals surface area contributed by atoms with E-state index in [4.69, 9.17) is 0 Å². The van der Waals surface area contributed by atoms with Crippen LogP contribution in [-0.2, 0) is 6.42 Å². The number of carbonyl (C=O) groups excluding carboxylic acids is 1. The van der Waals surface area contributed by atoms with Crippen molar-refractivity contribution in [3.8, 4) is 5.69 Å². The van der Waals surface area contributed by atoms with Crippen LogP contribution in [0.3, 0.4) is 0 Å². The molecule has 2 aromatic heterocycles. The number of aromatic nitrogens is 4. The first-order valence-corrected chi connectivity index (χ1v) is 10.9. The van der Waals surface area contributed by atoms with Crippen molar-refractivity contribution in [1.82, 2.24) is 29.8 Å². The summed E-state index contributed by atoms with van der Waals surface area (Å²) in [6, 6.07) is 14.3. The molecule has 0 aliphatic carbocycles. The Kier molecular flexibility index (Phi) is 6.42. The number of pyridine rings is 1. The zero-order valence-electron chi connectivity index (χ0n) is 18.5. The predicted octanol–water partition coefficient (Wildman–Crippen LogP) is 3.06. The van der Waals surface area contributed by atoms with E-state index in [0.29, 0.717) is 5.69 Å². The van der Waals surface area contributed by atoms with Crippen LogP contribution in [0.15, 0.2) is 48.7 Å². The molecule has 1 aliphatic rings. The average molecular weight is 419 g/mol. The summed E-state index contributed by atoms with van der Waals surface area (Å²) >= 11 is 0. The predicted molar refractivity (Wildman–Crippen MR) is 120 cm³/mol. The Balaban J connectivity index is 1.35. The van der Waals surface area contributed by atoms with Crippen molar-refractivity contribution < 1.29 is 4.79 Å². The van der Waals surface area contributed by atoms with Crippen LogP contribution in [0, 0.1) is 13.8 Å². The summed E-state index contributed by atoms with van der Waals surface area (Å²) < 4.78 is 1.74.